The molecule has 0 saturated carbocycles. The third-order valence-corrected chi connectivity index (χ3v) is 3.43. The maximum Gasteiger partial charge on any atom is 0.271 e. The summed E-state index contributed by atoms with van der Waals surface area (Å²) in [5.74, 6) is 2.74. The summed E-state index contributed by atoms with van der Waals surface area (Å²) in [6, 6.07) is 12.7. The largest absolute Gasteiger partial charge is 0.480 e. The monoisotopic (exact) mass is 370 g/mol. The summed E-state index contributed by atoms with van der Waals surface area (Å²) in [6.07, 6.45) is 6.72. The minimum Gasteiger partial charge on any atom is -0.480 e. The van der Waals surface area contributed by atoms with Crippen molar-refractivity contribution < 1.29 is 9.53 Å². The van der Waals surface area contributed by atoms with E-state index in [-0.39, 0.29) is 12.5 Å². The second-order valence-corrected chi connectivity index (χ2v) is 5.66. The third kappa shape index (κ3) is 4.97. The number of carbonyl (C=O) groups is 1. The number of nitrogens with one attached hydrogen (secondary N) is 1. The second-order valence-electron chi connectivity index (χ2n) is 4.74. The van der Waals surface area contributed by atoms with Crippen LogP contribution in [0, 0.1) is 19.3 Å². The highest BCUT2D eigenvalue weighted by molar-refractivity contribution is 9.10. The Morgan fingerprint density at radius 2 is 2.22 bits per heavy atom. The van der Waals surface area contributed by atoms with E-state index in [1.54, 1.807) is 18.2 Å². The van der Waals surface area contributed by atoms with Gasteiger partial charge < -0.3 is 4.74 Å². The molecule has 0 heterocycles. The topological polar surface area (TPSA) is 50.7 Å². The van der Waals surface area contributed by atoms with Gasteiger partial charge in [0.1, 0.15) is 12.4 Å². The Hall–Kier alpha value is -2.58. The lowest BCUT2D eigenvalue weighted by molar-refractivity contribution is 0.0955. The van der Waals surface area contributed by atoms with Gasteiger partial charge in [0.05, 0.1) is 6.21 Å². The minimum atomic E-state index is -0.272. The number of hydrogen-bond donors (Lipinski definition) is 1. The molecule has 1 amide bonds. The summed E-state index contributed by atoms with van der Waals surface area (Å²) in [5, 5.41) is 3.98. The standard InChI is InChI=1S/C18H15BrN2O2/c1-3-9-23-17-8-7-16(19)11-15(17)12-20-21-18(22)14-6-4-5-13(2)10-14/h1,4-8,10-12H,9H2,2H3,(H,21,22)/b20-12-. The smallest absolute Gasteiger partial charge is 0.271 e. The van der Waals surface area contributed by atoms with Gasteiger partial charge in [-0.25, -0.2) is 5.43 Å². The number of carbonyl (C=O) groups excluding carboxylic acids is 1. The zero-order valence-corrected chi connectivity index (χ0v) is 14.1. The number of nitrogens with zero attached hydrogens (tertiary/aromatic N) is 1. The molecule has 0 unspecified atom stereocenters. The van der Waals surface area contributed by atoms with Gasteiger partial charge in [0, 0.05) is 15.6 Å². The molecule has 0 spiro atoms. The molecule has 0 aliphatic rings. The van der Waals surface area contributed by atoms with Crippen LogP contribution < -0.4 is 10.2 Å². The van der Waals surface area contributed by atoms with Crippen LogP contribution >= 0.6 is 15.9 Å². The first kappa shape index (κ1) is 16.8. The molecule has 116 valence electrons. The highest BCUT2D eigenvalue weighted by Crippen LogP contribution is 2.21. The second kappa shape index (κ2) is 8.16. The summed E-state index contributed by atoms with van der Waals surface area (Å²) in [6.45, 7) is 2.09. The van der Waals surface area contributed by atoms with Gasteiger partial charge in [-0.05, 0) is 37.3 Å². The number of rotatable bonds is 5. The summed E-state index contributed by atoms with van der Waals surface area (Å²) in [5.41, 5.74) is 4.77. The van der Waals surface area contributed by atoms with Crippen molar-refractivity contribution >= 4 is 28.1 Å². The van der Waals surface area contributed by atoms with Crippen molar-refractivity contribution in [2.45, 2.75) is 6.92 Å². The van der Waals surface area contributed by atoms with E-state index in [0.29, 0.717) is 16.9 Å². The maximum atomic E-state index is 12.0. The Balaban J connectivity index is 2.09. The van der Waals surface area contributed by atoms with E-state index in [1.807, 2.05) is 31.2 Å². The van der Waals surface area contributed by atoms with E-state index in [9.17, 15) is 4.79 Å². The third-order valence-electron chi connectivity index (χ3n) is 2.93. The van der Waals surface area contributed by atoms with Crippen LogP contribution in [0.25, 0.3) is 0 Å². The van der Waals surface area contributed by atoms with Crippen molar-refractivity contribution in [1.29, 1.82) is 0 Å². The molecule has 0 aliphatic heterocycles. The average Bonchev–Trinajstić information content (AvgIpc) is 2.54. The Kier molecular flexibility index (Phi) is 5.95. The van der Waals surface area contributed by atoms with E-state index < -0.39 is 0 Å². The fraction of sp³-hybridized carbons (Fsp3) is 0.111. The average molecular weight is 371 g/mol. The molecule has 4 nitrogen and oxygen atoms in total. The molecule has 0 aromatic heterocycles. The number of halogens is 1. The highest BCUT2D eigenvalue weighted by atomic mass is 79.9. The van der Waals surface area contributed by atoms with Gasteiger partial charge in [-0.1, -0.05) is 39.5 Å². The van der Waals surface area contributed by atoms with Gasteiger partial charge in [-0.15, -0.1) is 6.42 Å². The van der Waals surface area contributed by atoms with Gasteiger partial charge in [-0.2, -0.15) is 5.10 Å². The summed E-state index contributed by atoms with van der Waals surface area (Å²) in [4.78, 5) is 12.0. The quantitative estimate of drug-likeness (QED) is 0.497. The lowest BCUT2D eigenvalue weighted by atomic mass is 10.1. The van der Waals surface area contributed by atoms with Gasteiger partial charge in [0.25, 0.3) is 5.91 Å². The van der Waals surface area contributed by atoms with Crippen LogP contribution in [0.5, 0.6) is 5.75 Å². The number of aryl methyl sites for hydroxylation is 1. The van der Waals surface area contributed by atoms with Crippen LogP contribution in [-0.4, -0.2) is 18.7 Å². The molecule has 2 aromatic rings. The van der Waals surface area contributed by atoms with Crippen LogP contribution in [0.2, 0.25) is 0 Å². The Morgan fingerprint density at radius 1 is 1.39 bits per heavy atom. The molecule has 0 saturated heterocycles. The van der Waals surface area contributed by atoms with Crippen LogP contribution in [0.3, 0.4) is 0 Å². The zero-order chi connectivity index (χ0) is 16.7. The van der Waals surface area contributed by atoms with E-state index in [4.69, 9.17) is 11.2 Å². The summed E-state index contributed by atoms with van der Waals surface area (Å²) < 4.78 is 6.31. The van der Waals surface area contributed by atoms with E-state index in [1.165, 1.54) is 6.21 Å². The SMILES string of the molecule is C#CCOc1ccc(Br)cc1/C=N\NC(=O)c1cccc(C)c1. The van der Waals surface area contributed by atoms with Gasteiger partial charge in [0.2, 0.25) is 0 Å². The van der Waals surface area contributed by atoms with Crippen LogP contribution in [0.15, 0.2) is 52.0 Å². The minimum absolute atomic E-state index is 0.165. The highest BCUT2D eigenvalue weighted by Gasteiger charge is 2.05. The predicted molar refractivity (Wildman–Crippen MR) is 94.7 cm³/mol. The number of benzene rings is 2. The summed E-state index contributed by atoms with van der Waals surface area (Å²) in [7, 11) is 0. The van der Waals surface area contributed by atoms with Gasteiger partial charge in [0.15, 0.2) is 0 Å². The van der Waals surface area contributed by atoms with Crippen molar-refractivity contribution in [2.75, 3.05) is 6.61 Å². The first-order valence-corrected chi connectivity index (χ1v) is 7.65. The molecule has 0 fully saturated rings. The Bertz CT molecular complexity index is 779. The molecule has 0 aliphatic carbocycles. The first-order valence-electron chi connectivity index (χ1n) is 6.86. The van der Waals surface area contributed by atoms with E-state index in [0.717, 1.165) is 10.0 Å². The number of hydrazone groups is 1. The molecule has 0 bridgehead atoms. The van der Waals surface area contributed by atoms with E-state index >= 15 is 0 Å². The van der Waals surface area contributed by atoms with Crippen molar-refractivity contribution in [2.24, 2.45) is 5.10 Å². The van der Waals surface area contributed by atoms with Crippen molar-refractivity contribution in [3.8, 4) is 18.1 Å². The Labute approximate surface area is 143 Å². The van der Waals surface area contributed by atoms with Crippen molar-refractivity contribution in [1.82, 2.24) is 5.43 Å². The fourth-order valence-corrected chi connectivity index (χ4v) is 2.26. The number of terminal acetylenes is 1. The molecule has 5 heteroatoms. The van der Waals surface area contributed by atoms with Crippen molar-refractivity contribution in [3.63, 3.8) is 0 Å². The molecule has 1 N–H and O–H groups in total. The predicted octanol–water partition coefficient (Wildman–Crippen LogP) is 3.53. The van der Waals surface area contributed by atoms with Crippen molar-refractivity contribution in [3.05, 3.63) is 63.6 Å². The molecular formula is C18H15BrN2O2. The van der Waals surface area contributed by atoms with E-state index in [2.05, 4.69) is 32.4 Å². The number of amides is 1. The van der Waals surface area contributed by atoms with Gasteiger partial charge in [-0.3, -0.25) is 4.79 Å². The van der Waals surface area contributed by atoms with Gasteiger partial charge >= 0.3 is 0 Å². The maximum absolute atomic E-state index is 12.0. The molecule has 2 aromatic carbocycles. The van der Waals surface area contributed by atoms with Crippen LogP contribution in [0.4, 0.5) is 0 Å². The fourth-order valence-electron chi connectivity index (χ4n) is 1.88. The molecule has 0 radical (unpaired) electrons. The first-order chi connectivity index (χ1) is 11.1. The molecular weight excluding hydrogens is 356 g/mol. The number of hydrogen-bond acceptors (Lipinski definition) is 3. The Morgan fingerprint density at radius 3 is 2.96 bits per heavy atom. The molecule has 2 rings (SSSR count). The molecule has 23 heavy (non-hydrogen) atoms. The zero-order valence-electron chi connectivity index (χ0n) is 12.5. The van der Waals surface area contributed by atoms with Crippen LogP contribution in [0.1, 0.15) is 21.5 Å². The lowest BCUT2D eigenvalue weighted by Crippen LogP contribution is -2.17. The lowest BCUT2D eigenvalue weighted by Gasteiger charge is -2.06. The number of ether oxygens (including phenoxy) is 1. The van der Waals surface area contributed by atoms with Crippen LogP contribution in [-0.2, 0) is 0 Å². The molecule has 0 atom stereocenters. The summed E-state index contributed by atoms with van der Waals surface area (Å²) >= 11 is 3.39. The normalized spacial score (nSPS) is 10.3.